The molecule has 2 atom stereocenters. The first-order valence-electron chi connectivity index (χ1n) is 8.26. The molecule has 0 aromatic heterocycles. The number of rotatable bonds is 5. The van der Waals surface area contributed by atoms with Crippen molar-refractivity contribution in [3.05, 3.63) is 0 Å². The third-order valence-corrected chi connectivity index (χ3v) is 7.01. The molecule has 1 aliphatic heterocycles. The summed E-state index contributed by atoms with van der Waals surface area (Å²) in [6.07, 6.45) is 2.98. The van der Waals surface area contributed by atoms with Crippen LogP contribution in [-0.4, -0.2) is 62.7 Å². The van der Waals surface area contributed by atoms with E-state index in [1.165, 1.54) is 0 Å². The molecule has 0 aromatic carbocycles. The summed E-state index contributed by atoms with van der Waals surface area (Å²) in [6.45, 7) is 7.55. The molecule has 2 fully saturated rings. The first kappa shape index (κ1) is 17.5. The van der Waals surface area contributed by atoms with E-state index in [9.17, 15) is 13.2 Å². The Kier molecular flexibility index (Phi) is 5.37. The van der Waals surface area contributed by atoms with Gasteiger partial charge in [0, 0.05) is 31.2 Å². The number of amides is 2. The lowest BCUT2D eigenvalue weighted by atomic mass is 9.58. The summed E-state index contributed by atoms with van der Waals surface area (Å²) >= 11 is 0. The minimum atomic E-state index is -2.96. The van der Waals surface area contributed by atoms with E-state index in [4.69, 9.17) is 4.74 Å². The minimum Gasteiger partial charge on any atom is -0.378 e. The predicted octanol–water partition coefficient (Wildman–Crippen LogP) is 1.41. The number of ether oxygens (including phenoxy) is 1. The molecule has 2 unspecified atom stereocenters. The predicted molar refractivity (Wildman–Crippen MR) is 85.6 cm³/mol. The Morgan fingerprint density at radius 3 is 2.32 bits per heavy atom. The van der Waals surface area contributed by atoms with Crippen molar-refractivity contribution >= 4 is 15.9 Å². The average molecular weight is 332 g/mol. The zero-order chi connectivity index (χ0) is 16.4. The van der Waals surface area contributed by atoms with Crippen molar-refractivity contribution < 1.29 is 17.9 Å². The Hall–Kier alpha value is -0.820. The standard InChI is InChI=1S/C15H28N2O4S/c1-4-15(5-2)12(11-13(15)21-6-3)16-14(18)17-7-9-22(19,20)10-8-17/h12-13H,4-11H2,1-3H3,(H,16,18). The first-order chi connectivity index (χ1) is 10.4. The number of nitrogens with one attached hydrogen (secondary N) is 1. The van der Waals surface area contributed by atoms with Gasteiger partial charge in [-0.3, -0.25) is 0 Å². The molecule has 0 spiro atoms. The Morgan fingerprint density at radius 1 is 1.23 bits per heavy atom. The van der Waals surface area contributed by atoms with Crippen LogP contribution < -0.4 is 5.32 Å². The van der Waals surface area contributed by atoms with E-state index in [1.807, 2.05) is 6.92 Å². The molecule has 1 aliphatic carbocycles. The van der Waals surface area contributed by atoms with Gasteiger partial charge in [-0.05, 0) is 26.2 Å². The maximum atomic E-state index is 12.4. The van der Waals surface area contributed by atoms with Crippen LogP contribution in [-0.2, 0) is 14.6 Å². The number of carbonyl (C=O) groups is 1. The first-order valence-corrected chi connectivity index (χ1v) is 10.1. The molecule has 6 nitrogen and oxygen atoms in total. The van der Waals surface area contributed by atoms with Crippen LogP contribution in [0.15, 0.2) is 0 Å². The van der Waals surface area contributed by atoms with Gasteiger partial charge in [0.1, 0.15) is 0 Å². The van der Waals surface area contributed by atoms with E-state index in [1.54, 1.807) is 4.90 Å². The normalized spacial score (nSPS) is 29.7. The van der Waals surface area contributed by atoms with Crippen molar-refractivity contribution in [1.82, 2.24) is 10.2 Å². The Morgan fingerprint density at radius 2 is 1.82 bits per heavy atom. The molecule has 1 N–H and O–H groups in total. The van der Waals surface area contributed by atoms with Gasteiger partial charge < -0.3 is 15.0 Å². The fourth-order valence-electron chi connectivity index (χ4n) is 3.74. The molecule has 2 amide bonds. The largest absolute Gasteiger partial charge is 0.378 e. The number of sulfone groups is 1. The summed E-state index contributed by atoms with van der Waals surface area (Å²) in [6, 6.07) is -0.0220. The fraction of sp³-hybridized carbons (Fsp3) is 0.933. The third kappa shape index (κ3) is 3.25. The molecule has 0 aromatic rings. The summed E-state index contributed by atoms with van der Waals surface area (Å²) in [4.78, 5) is 14.0. The molecule has 0 bridgehead atoms. The Bertz CT molecular complexity index is 488. The Labute approximate surface area is 133 Å². The van der Waals surface area contributed by atoms with E-state index in [2.05, 4.69) is 19.2 Å². The molecular formula is C15H28N2O4S. The van der Waals surface area contributed by atoms with Crippen molar-refractivity contribution in [2.24, 2.45) is 5.41 Å². The summed E-state index contributed by atoms with van der Waals surface area (Å²) in [5, 5.41) is 3.11. The zero-order valence-corrected chi connectivity index (χ0v) is 14.6. The molecular weight excluding hydrogens is 304 g/mol. The van der Waals surface area contributed by atoms with Crippen LogP contribution in [0.25, 0.3) is 0 Å². The maximum Gasteiger partial charge on any atom is 0.317 e. The fourth-order valence-corrected chi connectivity index (χ4v) is 4.94. The molecule has 7 heteroatoms. The molecule has 1 saturated heterocycles. The van der Waals surface area contributed by atoms with Gasteiger partial charge >= 0.3 is 6.03 Å². The van der Waals surface area contributed by atoms with Gasteiger partial charge in [-0.1, -0.05) is 13.8 Å². The molecule has 2 aliphatic rings. The lowest BCUT2D eigenvalue weighted by Crippen LogP contribution is -2.66. The number of hydrogen-bond donors (Lipinski definition) is 1. The van der Waals surface area contributed by atoms with Gasteiger partial charge in [-0.15, -0.1) is 0 Å². The van der Waals surface area contributed by atoms with Crippen LogP contribution in [0.5, 0.6) is 0 Å². The van der Waals surface area contributed by atoms with Crippen LogP contribution >= 0.6 is 0 Å². The smallest absolute Gasteiger partial charge is 0.317 e. The van der Waals surface area contributed by atoms with E-state index in [0.717, 1.165) is 19.3 Å². The van der Waals surface area contributed by atoms with Crippen molar-refractivity contribution in [3.63, 3.8) is 0 Å². The number of hydrogen-bond acceptors (Lipinski definition) is 4. The molecule has 22 heavy (non-hydrogen) atoms. The van der Waals surface area contributed by atoms with Crippen LogP contribution in [0.4, 0.5) is 4.79 Å². The molecule has 1 saturated carbocycles. The lowest BCUT2D eigenvalue weighted by Gasteiger charge is -2.55. The van der Waals surface area contributed by atoms with Gasteiger partial charge in [0.2, 0.25) is 0 Å². The molecule has 1 heterocycles. The number of urea groups is 1. The van der Waals surface area contributed by atoms with Crippen LogP contribution in [0.2, 0.25) is 0 Å². The third-order valence-electron chi connectivity index (χ3n) is 5.40. The monoisotopic (exact) mass is 332 g/mol. The van der Waals surface area contributed by atoms with Crippen molar-refractivity contribution in [3.8, 4) is 0 Å². The van der Waals surface area contributed by atoms with Crippen molar-refractivity contribution in [2.75, 3.05) is 31.2 Å². The topological polar surface area (TPSA) is 75.7 Å². The van der Waals surface area contributed by atoms with E-state index in [0.29, 0.717) is 19.7 Å². The van der Waals surface area contributed by atoms with Gasteiger partial charge in [-0.25, -0.2) is 13.2 Å². The highest BCUT2D eigenvalue weighted by Crippen LogP contribution is 2.48. The average Bonchev–Trinajstić information content (AvgIpc) is 2.47. The second-order valence-electron chi connectivity index (χ2n) is 6.26. The highest BCUT2D eigenvalue weighted by Gasteiger charge is 2.54. The minimum absolute atomic E-state index is 0.00747. The highest BCUT2D eigenvalue weighted by molar-refractivity contribution is 7.91. The van der Waals surface area contributed by atoms with Crippen molar-refractivity contribution in [1.29, 1.82) is 0 Å². The molecule has 0 radical (unpaired) electrons. The molecule has 2 rings (SSSR count). The number of carbonyl (C=O) groups excluding carboxylic acids is 1. The van der Waals surface area contributed by atoms with E-state index in [-0.39, 0.29) is 35.1 Å². The summed E-state index contributed by atoms with van der Waals surface area (Å²) in [5.41, 5.74) is 0.00747. The second-order valence-corrected chi connectivity index (χ2v) is 8.56. The highest BCUT2D eigenvalue weighted by atomic mass is 32.2. The lowest BCUT2D eigenvalue weighted by molar-refractivity contribution is -0.134. The zero-order valence-electron chi connectivity index (χ0n) is 13.8. The SMILES string of the molecule is CCOC1CC(NC(=O)N2CCS(=O)(=O)CC2)C1(CC)CC. The van der Waals surface area contributed by atoms with E-state index < -0.39 is 9.84 Å². The summed E-state index contributed by atoms with van der Waals surface area (Å²) in [7, 11) is -2.96. The van der Waals surface area contributed by atoms with Crippen molar-refractivity contribution in [2.45, 2.75) is 52.2 Å². The van der Waals surface area contributed by atoms with Gasteiger partial charge in [0.15, 0.2) is 9.84 Å². The quantitative estimate of drug-likeness (QED) is 0.826. The van der Waals surface area contributed by atoms with Gasteiger partial charge in [0.05, 0.1) is 17.6 Å². The Balaban J connectivity index is 1.94. The van der Waals surface area contributed by atoms with Crippen LogP contribution in [0.1, 0.15) is 40.0 Å². The summed E-state index contributed by atoms with van der Waals surface area (Å²) in [5.74, 6) is 0.138. The molecule has 128 valence electrons. The van der Waals surface area contributed by atoms with Crippen LogP contribution in [0, 0.1) is 5.41 Å². The van der Waals surface area contributed by atoms with Crippen LogP contribution in [0.3, 0.4) is 0 Å². The van der Waals surface area contributed by atoms with Gasteiger partial charge in [0.25, 0.3) is 0 Å². The summed E-state index contributed by atoms with van der Waals surface area (Å²) < 4.78 is 28.7. The second kappa shape index (κ2) is 6.74. The maximum absolute atomic E-state index is 12.4. The number of nitrogens with zero attached hydrogens (tertiary/aromatic N) is 1. The van der Waals surface area contributed by atoms with E-state index >= 15 is 0 Å². The van der Waals surface area contributed by atoms with Gasteiger partial charge in [-0.2, -0.15) is 0 Å².